The lowest BCUT2D eigenvalue weighted by molar-refractivity contribution is 0.102. The van der Waals surface area contributed by atoms with Gasteiger partial charge in [0.1, 0.15) is 5.82 Å². The third-order valence-electron chi connectivity index (χ3n) is 5.03. The zero-order chi connectivity index (χ0) is 22.6. The van der Waals surface area contributed by atoms with Gasteiger partial charge in [0, 0.05) is 30.0 Å². The van der Waals surface area contributed by atoms with Crippen molar-refractivity contribution in [3.8, 4) is 0 Å². The summed E-state index contributed by atoms with van der Waals surface area (Å²) in [7, 11) is -4.07. The monoisotopic (exact) mass is 455 g/mol. The van der Waals surface area contributed by atoms with E-state index in [0.717, 1.165) is 24.8 Å². The van der Waals surface area contributed by atoms with Crippen LogP contribution in [0.1, 0.15) is 10.4 Å². The molecule has 1 aliphatic rings. The van der Waals surface area contributed by atoms with E-state index in [4.69, 9.17) is 4.74 Å². The number of anilines is 3. The highest BCUT2D eigenvalue weighted by Gasteiger charge is 2.18. The Balaban J connectivity index is 1.47. The quantitative estimate of drug-likeness (QED) is 0.592. The van der Waals surface area contributed by atoms with Crippen LogP contribution >= 0.6 is 0 Å². The van der Waals surface area contributed by atoms with E-state index in [1.165, 1.54) is 42.5 Å². The first kappa shape index (κ1) is 21.8. The molecule has 0 unspecified atom stereocenters. The van der Waals surface area contributed by atoms with Gasteiger partial charge in [-0.25, -0.2) is 12.8 Å². The van der Waals surface area contributed by atoms with Crippen LogP contribution in [0.5, 0.6) is 0 Å². The van der Waals surface area contributed by atoms with Gasteiger partial charge in [-0.1, -0.05) is 18.2 Å². The Morgan fingerprint density at radius 1 is 0.938 bits per heavy atom. The highest BCUT2D eigenvalue weighted by molar-refractivity contribution is 7.92. The first-order valence-corrected chi connectivity index (χ1v) is 11.5. The van der Waals surface area contributed by atoms with E-state index in [2.05, 4.69) is 14.9 Å². The lowest BCUT2D eigenvalue weighted by atomic mass is 10.2. The summed E-state index contributed by atoms with van der Waals surface area (Å²) in [6.07, 6.45) is 0. The average Bonchev–Trinajstić information content (AvgIpc) is 2.82. The Hall–Kier alpha value is -3.43. The number of para-hydroxylation sites is 1. The molecule has 0 aliphatic carbocycles. The van der Waals surface area contributed by atoms with Crippen molar-refractivity contribution in [2.45, 2.75) is 4.90 Å². The van der Waals surface area contributed by atoms with E-state index in [0.29, 0.717) is 18.9 Å². The molecule has 166 valence electrons. The highest BCUT2D eigenvalue weighted by atomic mass is 32.2. The van der Waals surface area contributed by atoms with E-state index in [1.807, 2.05) is 12.1 Å². The molecule has 9 heteroatoms. The van der Waals surface area contributed by atoms with Crippen LogP contribution in [-0.4, -0.2) is 40.6 Å². The molecular weight excluding hydrogens is 433 g/mol. The molecule has 3 aromatic carbocycles. The Bertz CT molecular complexity index is 1210. The predicted octanol–water partition coefficient (Wildman–Crippen LogP) is 3.72. The van der Waals surface area contributed by atoms with E-state index in [-0.39, 0.29) is 16.1 Å². The predicted molar refractivity (Wildman–Crippen MR) is 121 cm³/mol. The fourth-order valence-electron chi connectivity index (χ4n) is 3.33. The third kappa shape index (κ3) is 5.06. The van der Waals surface area contributed by atoms with Crippen molar-refractivity contribution in [2.75, 3.05) is 41.2 Å². The fraction of sp³-hybridized carbons (Fsp3) is 0.174. The van der Waals surface area contributed by atoms with Crippen molar-refractivity contribution in [3.05, 3.63) is 84.2 Å². The first-order valence-electron chi connectivity index (χ1n) is 10.0. The van der Waals surface area contributed by atoms with Gasteiger partial charge in [-0.3, -0.25) is 9.52 Å². The summed E-state index contributed by atoms with van der Waals surface area (Å²) < 4.78 is 46.7. The van der Waals surface area contributed by atoms with Crippen molar-refractivity contribution in [3.63, 3.8) is 0 Å². The third-order valence-corrected chi connectivity index (χ3v) is 6.39. The van der Waals surface area contributed by atoms with Crippen molar-refractivity contribution in [1.29, 1.82) is 0 Å². The second-order valence-electron chi connectivity index (χ2n) is 7.21. The van der Waals surface area contributed by atoms with Crippen LogP contribution in [0.15, 0.2) is 77.7 Å². The second kappa shape index (κ2) is 9.37. The SMILES string of the molecule is O=C(Nc1ccc(N2CCOCC2)cc1)c1cccc(S(=O)(=O)Nc2ccccc2F)c1. The van der Waals surface area contributed by atoms with Crippen molar-refractivity contribution in [2.24, 2.45) is 0 Å². The summed E-state index contributed by atoms with van der Waals surface area (Å²) in [6, 6.07) is 18.5. The number of nitrogens with zero attached hydrogens (tertiary/aromatic N) is 1. The number of carbonyl (C=O) groups excluding carboxylic acids is 1. The van der Waals surface area contributed by atoms with Crippen molar-refractivity contribution < 1.29 is 22.3 Å². The van der Waals surface area contributed by atoms with Gasteiger partial charge in [-0.2, -0.15) is 0 Å². The van der Waals surface area contributed by atoms with Crippen LogP contribution in [0.3, 0.4) is 0 Å². The lowest BCUT2D eigenvalue weighted by Gasteiger charge is -2.28. The molecule has 0 bridgehead atoms. The Labute approximate surface area is 185 Å². The van der Waals surface area contributed by atoms with Crippen LogP contribution < -0.4 is 14.9 Å². The molecule has 3 aromatic rings. The van der Waals surface area contributed by atoms with Crippen LogP contribution in [0, 0.1) is 5.82 Å². The van der Waals surface area contributed by atoms with Crippen LogP contribution in [0.2, 0.25) is 0 Å². The molecule has 1 heterocycles. The molecule has 4 rings (SSSR count). The van der Waals surface area contributed by atoms with Gasteiger partial charge < -0.3 is 15.0 Å². The van der Waals surface area contributed by atoms with Gasteiger partial charge in [0.05, 0.1) is 23.8 Å². The second-order valence-corrected chi connectivity index (χ2v) is 8.90. The minimum atomic E-state index is -4.07. The number of nitrogens with one attached hydrogen (secondary N) is 2. The minimum Gasteiger partial charge on any atom is -0.378 e. The van der Waals surface area contributed by atoms with Crippen LogP contribution in [0.4, 0.5) is 21.5 Å². The van der Waals surface area contributed by atoms with Gasteiger partial charge in [0.15, 0.2) is 0 Å². The molecule has 0 spiro atoms. The number of benzene rings is 3. The topological polar surface area (TPSA) is 87.7 Å². The first-order chi connectivity index (χ1) is 15.4. The molecular formula is C23H22FN3O4S. The number of sulfonamides is 1. The number of rotatable bonds is 6. The molecule has 1 aliphatic heterocycles. The number of hydrogen-bond acceptors (Lipinski definition) is 5. The van der Waals surface area contributed by atoms with E-state index in [9.17, 15) is 17.6 Å². The summed E-state index contributed by atoms with van der Waals surface area (Å²) in [4.78, 5) is 14.7. The Kier molecular flexibility index (Phi) is 6.38. The molecule has 32 heavy (non-hydrogen) atoms. The molecule has 7 nitrogen and oxygen atoms in total. The van der Waals surface area contributed by atoms with Gasteiger partial charge in [-0.05, 0) is 54.6 Å². The lowest BCUT2D eigenvalue weighted by Crippen LogP contribution is -2.36. The van der Waals surface area contributed by atoms with Gasteiger partial charge in [0.25, 0.3) is 15.9 Å². The fourth-order valence-corrected chi connectivity index (χ4v) is 4.45. The smallest absolute Gasteiger partial charge is 0.262 e. The number of carbonyl (C=O) groups is 1. The number of amides is 1. The van der Waals surface area contributed by atoms with E-state index < -0.39 is 21.7 Å². The molecule has 0 atom stereocenters. The molecule has 2 N–H and O–H groups in total. The zero-order valence-corrected chi connectivity index (χ0v) is 17.9. The van der Waals surface area contributed by atoms with E-state index >= 15 is 0 Å². The Morgan fingerprint density at radius 2 is 1.66 bits per heavy atom. The zero-order valence-electron chi connectivity index (χ0n) is 17.1. The number of morpholine rings is 1. The average molecular weight is 456 g/mol. The van der Waals surface area contributed by atoms with Crippen molar-refractivity contribution in [1.82, 2.24) is 0 Å². The molecule has 0 saturated carbocycles. The Morgan fingerprint density at radius 3 is 2.38 bits per heavy atom. The largest absolute Gasteiger partial charge is 0.378 e. The van der Waals surface area contributed by atoms with Crippen molar-refractivity contribution >= 4 is 33.0 Å². The number of halogens is 1. The standard InChI is InChI=1S/C23H22FN3O4S/c24-21-6-1-2-7-22(21)26-32(29,30)20-5-3-4-17(16-20)23(28)25-18-8-10-19(11-9-18)27-12-14-31-15-13-27/h1-11,16,26H,12-15H2,(H,25,28). The molecule has 0 radical (unpaired) electrons. The van der Waals surface area contributed by atoms with Crippen LogP contribution in [-0.2, 0) is 14.8 Å². The summed E-state index contributed by atoms with van der Waals surface area (Å²) in [5, 5.41) is 2.77. The minimum absolute atomic E-state index is 0.143. The summed E-state index contributed by atoms with van der Waals surface area (Å²) in [6.45, 7) is 2.99. The summed E-state index contributed by atoms with van der Waals surface area (Å²) >= 11 is 0. The number of ether oxygens (including phenoxy) is 1. The van der Waals surface area contributed by atoms with Crippen LogP contribution in [0.25, 0.3) is 0 Å². The van der Waals surface area contributed by atoms with Gasteiger partial charge in [-0.15, -0.1) is 0 Å². The maximum atomic E-state index is 13.8. The highest BCUT2D eigenvalue weighted by Crippen LogP contribution is 2.22. The molecule has 1 amide bonds. The normalized spacial score (nSPS) is 14.1. The molecule has 0 aromatic heterocycles. The van der Waals surface area contributed by atoms with Gasteiger partial charge in [0.2, 0.25) is 0 Å². The van der Waals surface area contributed by atoms with Gasteiger partial charge >= 0.3 is 0 Å². The van der Waals surface area contributed by atoms with E-state index in [1.54, 1.807) is 12.1 Å². The molecule has 1 fully saturated rings. The molecule has 1 saturated heterocycles. The summed E-state index contributed by atoms with van der Waals surface area (Å²) in [5.74, 6) is -1.14. The number of hydrogen-bond donors (Lipinski definition) is 2. The maximum Gasteiger partial charge on any atom is 0.262 e. The summed E-state index contributed by atoms with van der Waals surface area (Å²) in [5.41, 5.74) is 1.63. The maximum absolute atomic E-state index is 13.8.